The Morgan fingerprint density at radius 1 is 1.44 bits per heavy atom. The van der Waals surface area contributed by atoms with Crippen LogP contribution in [0, 0.1) is 11.7 Å². The van der Waals surface area contributed by atoms with Crippen molar-refractivity contribution in [3.63, 3.8) is 0 Å². The molecule has 1 heterocycles. The number of ether oxygens (including phenoxy) is 1. The lowest BCUT2D eigenvalue weighted by molar-refractivity contribution is 0.174. The standard InChI is InChI=1S/C15H22FNO/c1-3-15(12-8-9-18-10-12)17-11(2)13-6-4-5-7-14(13)16/h4-7,11-12,15,17H,3,8-10H2,1-2H3. The van der Waals surface area contributed by atoms with Crippen molar-refractivity contribution in [2.45, 2.75) is 38.8 Å². The quantitative estimate of drug-likeness (QED) is 0.867. The zero-order valence-corrected chi connectivity index (χ0v) is 11.2. The molecule has 1 N–H and O–H groups in total. The molecule has 0 bridgehead atoms. The SMILES string of the molecule is CCC(NC(C)c1ccccc1F)C1CCOC1. The van der Waals surface area contributed by atoms with E-state index < -0.39 is 0 Å². The Morgan fingerprint density at radius 2 is 2.22 bits per heavy atom. The topological polar surface area (TPSA) is 21.3 Å². The minimum absolute atomic E-state index is 0.0387. The number of halogens is 1. The fourth-order valence-corrected chi connectivity index (χ4v) is 2.69. The summed E-state index contributed by atoms with van der Waals surface area (Å²) in [6, 6.07) is 7.43. The van der Waals surface area contributed by atoms with Crippen molar-refractivity contribution in [1.82, 2.24) is 5.32 Å². The lowest BCUT2D eigenvalue weighted by Crippen LogP contribution is -2.38. The summed E-state index contributed by atoms with van der Waals surface area (Å²) in [7, 11) is 0. The molecule has 3 atom stereocenters. The molecule has 1 aromatic rings. The van der Waals surface area contributed by atoms with Gasteiger partial charge in [0.25, 0.3) is 0 Å². The summed E-state index contributed by atoms with van der Waals surface area (Å²) in [5.41, 5.74) is 0.745. The third-order valence-electron chi connectivity index (χ3n) is 3.81. The van der Waals surface area contributed by atoms with Gasteiger partial charge in [-0.3, -0.25) is 0 Å². The Kier molecular flexibility index (Phi) is 4.72. The lowest BCUT2D eigenvalue weighted by Gasteiger charge is -2.27. The summed E-state index contributed by atoms with van der Waals surface area (Å²) < 4.78 is 19.1. The number of hydrogen-bond acceptors (Lipinski definition) is 2. The highest BCUT2D eigenvalue weighted by Gasteiger charge is 2.26. The average molecular weight is 251 g/mol. The summed E-state index contributed by atoms with van der Waals surface area (Å²) in [4.78, 5) is 0. The molecule has 100 valence electrons. The Bertz CT molecular complexity index is 377. The second-order valence-corrected chi connectivity index (χ2v) is 5.05. The largest absolute Gasteiger partial charge is 0.381 e. The van der Waals surface area contributed by atoms with E-state index in [-0.39, 0.29) is 11.9 Å². The maximum atomic E-state index is 13.7. The summed E-state index contributed by atoms with van der Waals surface area (Å²) in [6.07, 6.45) is 2.16. The molecule has 0 spiro atoms. The van der Waals surface area contributed by atoms with Crippen LogP contribution >= 0.6 is 0 Å². The Balaban J connectivity index is 2.00. The molecule has 1 aromatic carbocycles. The molecule has 0 amide bonds. The molecule has 2 rings (SSSR count). The van der Waals surface area contributed by atoms with Gasteiger partial charge in [0.2, 0.25) is 0 Å². The first-order valence-electron chi connectivity index (χ1n) is 6.80. The molecule has 0 radical (unpaired) electrons. The minimum atomic E-state index is -0.130. The second kappa shape index (κ2) is 6.30. The van der Waals surface area contributed by atoms with Gasteiger partial charge in [0.1, 0.15) is 5.82 Å². The van der Waals surface area contributed by atoms with E-state index in [1.54, 1.807) is 6.07 Å². The van der Waals surface area contributed by atoms with Gasteiger partial charge in [0.05, 0.1) is 6.61 Å². The van der Waals surface area contributed by atoms with Gasteiger partial charge >= 0.3 is 0 Å². The van der Waals surface area contributed by atoms with E-state index in [4.69, 9.17) is 4.74 Å². The molecule has 1 aliphatic heterocycles. The van der Waals surface area contributed by atoms with E-state index >= 15 is 0 Å². The van der Waals surface area contributed by atoms with Gasteiger partial charge in [-0.15, -0.1) is 0 Å². The van der Waals surface area contributed by atoms with Crippen molar-refractivity contribution in [2.24, 2.45) is 5.92 Å². The fraction of sp³-hybridized carbons (Fsp3) is 0.600. The Hall–Kier alpha value is -0.930. The van der Waals surface area contributed by atoms with Crippen molar-refractivity contribution in [1.29, 1.82) is 0 Å². The van der Waals surface area contributed by atoms with Crippen LogP contribution in [0.25, 0.3) is 0 Å². The van der Waals surface area contributed by atoms with Crippen molar-refractivity contribution in [3.8, 4) is 0 Å². The Labute approximate surface area is 109 Å². The van der Waals surface area contributed by atoms with Crippen molar-refractivity contribution >= 4 is 0 Å². The molecule has 2 nitrogen and oxygen atoms in total. The maximum Gasteiger partial charge on any atom is 0.127 e. The zero-order chi connectivity index (χ0) is 13.0. The van der Waals surface area contributed by atoms with E-state index in [0.29, 0.717) is 12.0 Å². The van der Waals surface area contributed by atoms with E-state index in [9.17, 15) is 4.39 Å². The van der Waals surface area contributed by atoms with Crippen LogP contribution in [0.5, 0.6) is 0 Å². The highest BCUT2D eigenvalue weighted by molar-refractivity contribution is 5.20. The Morgan fingerprint density at radius 3 is 2.83 bits per heavy atom. The zero-order valence-electron chi connectivity index (χ0n) is 11.2. The highest BCUT2D eigenvalue weighted by Crippen LogP contribution is 2.23. The lowest BCUT2D eigenvalue weighted by atomic mass is 9.95. The van der Waals surface area contributed by atoms with Crippen LogP contribution in [0.15, 0.2) is 24.3 Å². The predicted molar refractivity (Wildman–Crippen MR) is 71.0 cm³/mol. The molecule has 1 saturated heterocycles. The third-order valence-corrected chi connectivity index (χ3v) is 3.81. The number of rotatable bonds is 5. The molecule has 1 aliphatic rings. The average Bonchev–Trinajstić information content (AvgIpc) is 2.90. The van der Waals surface area contributed by atoms with Gasteiger partial charge in [0, 0.05) is 24.3 Å². The van der Waals surface area contributed by atoms with Crippen molar-refractivity contribution < 1.29 is 9.13 Å². The van der Waals surface area contributed by atoms with Crippen LogP contribution in [0.1, 0.15) is 38.3 Å². The minimum Gasteiger partial charge on any atom is -0.381 e. The molecule has 1 fully saturated rings. The van der Waals surface area contributed by atoms with Crippen molar-refractivity contribution in [2.75, 3.05) is 13.2 Å². The van der Waals surface area contributed by atoms with Gasteiger partial charge in [-0.25, -0.2) is 4.39 Å². The molecule has 0 saturated carbocycles. The van der Waals surface area contributed by atoms with E-state index in [2.05, 4.69) is 12.2 Å². The van der Waals surface area contributed by atoms with Gasteiger partial charge in [-0.2, -0.15) is 0 Å². The molecule has 3 unspecified atom stereocenters. The van der Waals surface area contributed by atoms with Gasteiger partial charge < -0.3 is 10.1 Å². The number of hydrogen-bond donors (Lipinski definition) is 1. The summed E-state index contributed by atoms with van der Waals surface area (Å²) in [6.45, 7) is 5.88. The van der Waals surface area contributed by atoms with E-state index in [1.165, 1.54) is 6.07 Å². The van der Waals surface area contributed by atoms with Crippen LogP contribution in [-0.4, -0.2) is 19.3 Å². The van der Waals surface area contributed by atoms with Crippen LogP contribution in [0.4, 0.5) is 4.39 Å². The van der Waals surface area contributed by atoms with E-state index in [1.807, 2.05) is 19.1 Å². The monoisotopic (exact) mass is 251 g/mol. The van der Waals surface area contributed by atoms with E-state index in [0.717, 1.165) is 31.6 Å². The predicted octanol–water partition coefficient (Wildman–Crippen LogP) is 3.29. The smallest absolute Gasteiger partial charge is 0.127 e. The van der Waals surface area contributed by atoms with Gasteiger partial charge in [0.15, 0.2) is 0 Å². The second-order valence-electron chi connectivity index (χ2n) is 5.05. The molecule has 3 heteroatoms. The third kappa shape index (κ3) is 3.09. The van der Waals surface area contributed by atoms with Crippen molar-refractivity contribution in [3.05, 3.63) is 35.6 Å². The fourth-order valence-electron chi connectivity index (χ4n) is 2.69. The summed E-state index contributed by atoms with van der Waals surface area (Å²) in [5.74, 6) is 0.430. The van der Waals surface area contributed by atoms with Gasteiger partial charge in [-0.1, -0.05) is 25.1 Å². The first-order valence-corrected chi connectivity index (χ1v) is 6.80. The molecular formula is C15H22FNO. The maximum absolute atomic E-state index is 13.7. The summed E-state index contributed by atoms with van der Waals surface area (Å²) >= 11 is 0. The van der Waals surface area contributed by atoms with Crippen LogP contribution in [-0.2, 0) is 4.74 Å². The first kappa shape index (κ1) is 13.5. The van der Waals surface area contributed by atoms with Crippen LogP contribution in [0.3, 0.4) is 0 Å². The van der Waals surface area contributed by atoms with Crippen LogP contribution in [0.2, 0.25) is 0 Å². The molecule has 18 heavy (non-hydrogen) atoms. The van der Waals surface area contributed by atoms with Gasteiger partial charge in [-0.05, 0) is 31.7 Å². The molecular weight excluding hydrogens is 229 g/mol. The first-order chi connectivity index (χ1) is 8.72. The molecule has 0 aliphatic carbocycles. The summed E-state index contributed by atoms with van der Waals surface area (Å²) in [5, 5.41) is 3.55. The highest BCUT2D eigenvalue weighted by atomic mass is 19.1. The number of nitrogens with one attached hydrogen (secondary N) is 1. The normalized spacial score (nSPS) is 22.9. The van der Waals surface area contributed by atoms with Crippen LogP contribution < -0.4 is 5.32 Å². The number of benzene rings is 1. The molecule has 0 aromatic heterocycles.